The lowest BCUT2D eigenvalue weighted by atomic mass is 10.1. The number of hydrogen-bond acceptors (Lipinski definition) is 3. The average molecular weight is 347 g/mol. The minimum absolute atomic E-state index is 0.0977. The maximum absolute atomic E-state index is 12.8. The van der Waals surface area contributed by atoms with Gasteiger partial charge in [0.05, 0.1) is 11.3 Å². The number of rotatable bonds is 3. The number of aryl methyl sites for hydroxylation is 2. The van der Waals surface area contributed by atoms with E-state index in [0.717, 1.165) is 54.7 Å². The van der Waals surface area contributed by atoms with Crippen LogP contribution in [0.4, 0.5) is 0 Å². The maximum atomic E-state index is 12.8. The van der Waals surface area contributed by atoms with Crippen LogP contribution in [0.3, 0.4) is 0 Å². The number of nitrogens with zero attached hydrogens (tertiary/aromatic N) is 4. The van der Waals surface area contributed by atoms with Crippen molar-refractivity contribution in [1.82, 2.24) is 19.6 Å². The first kappa shape index (κ1) is 17.0. The van der Waals surface area contributed by atoms with E-state index in [4.69, 9.17) is 11.6 Å². The van der Waals surface area contributed by atoms with Crippen molar-refractivity contribution in [2.75, 3.05) is 26.2 Å². The van der Waals surface area contributed by atoms with Gasteiger partial charge in [0, 0.05) is 50.5 Å². The number of piperazine rings is 1. The summed E-state index contributed by atoms with van der Waals surface area (Å²) < 4.78 is 1.78. The second kappa shape index (κ2) is 6.95. The van der Waals surface area contributed by atoms with Crippen LogP contribution in [-0.4, -0.2) is 51.7 Å². The minimum Gasteiger partial charge on any atom is -0.336 e. The Morgan fingerprint density at radius 3 is 2.50 bits per heavy atom. The van der Waals surface area contributed by atoms with Gasteiger partial charge in [-0.25, -0.2) is 0 Å². The first-order valence-electron chi connectivity index (χ1n) is 8.22. The summed E-state index contributed by atoms with van der Waals surface area (Å²) in [6.45, 7) is 7.94. The molecule has 1 fully saturated rings. The molecule has 0 spiro atoms. The Hall–Kier alpha value is -1.85. The van der Waals surface area contributed by atoms with E-state index in [1.165, 1.54) is 5.56 Å². The maximum Gasteiger partial charge on any atom is 0.257 e. The molecule has 1 aromatic carbocycles. The molecule has 6 heteroatoms. The Morgan fingerprint density at radius 1 is 1.21 bits per heavy atom. The summed E-state index contributed by atoms with van der Waals surface area (Å²) in [4.78, 5) is 17.1. The number of carbonyl (C=O) groups is 1. The number of aromatic nitrogens is 2. The van der Waals surface area contributed by atoms with Crippen molar-refractivity contribution in [3.8, 4) is 0 Å². The molecule has 3 rings (SSSR count). The number of benzene rings is 1. The van der Waals surface area contributed by atoms with Crippen LogP contribution >= 0.6 is 11.6 Å². The lowest BCUT2D eigenvalue weighted by molar-refractivity contribution is 0.0627. The third-order valence-electron chi connectivity index (χ3n) is 4.68. The van der Waals surface area contributed by atoms with Gasteiger partial charge in [0.1, 0.15) is 0 Å². The van der Waals surface area contributed by atoms with Gasteiger partial charge >= 0.3 is 0 Å². The highest BCUT2D eigenvalue weighted by molar-refractivity contribution is 6.30. The molecule has 0 atom stereocenters. The van der Waals surface area contributed by atoms with Crippen molar-refractivity contribution < 1.29 is 4.79 Å². The summed E-state index contributed by atoms with van der Waals surface area (Å²) in [5.41, 5.74) is 3.70. The Morgan fingerprint density at radius 2 is 1.92 bits per heavy atom. The molecule has 1 aliphatic heterocycles. The molecule has 1 saturated heterocycles. The summed E-state index contributed by atoms with van der Waals surface area (Å²) >= 11 is 6.05. The normalized spacial score (nSPS) is 15.8. The van der Waals surface area contributed by atoms with Gasteiger partial charge in [-0.1, -0.05) is 23.7 Å². The van der Waals surface area contributed by atoms with Gasteiger partial charge in [0.2, 0.25) is 0 Å². The molecule has 1 amide bonds. The lowest BCUT2D eigenvalue weighted by Gasteiger charge is -2.34. The van der Waals surface area contributed by atoms with E-state index >= 15 is 0 Å². The summed E-state index contributed by atoms with van der Waals surface area (Å²) in [5.74, 6) is 0.0977. The van der Waals surface area contributed by atoms with Crippen molar-refractivity contribution in [2.24, 2.45) is 7.05 Å². The van der Waals surface area contributed by atoms with Crippen LogP contribution in [0.15, 0.2) is 24.3 Å². The average Bonchev–Trinajstić information content (AvgIpc) is 2.80. The molecule has 0 unspecified atom stereocenters. The topological polar surface area (TPSA) is 41.4 Å². The zero-order chi connectivity index (χ0) is 17.3. The fraction of sp³-hybridized carbons (Fsp3) is 0.444. The fourth-order valence-electron chi connectivity index (χ4n) is 3.24. The van der Waals surface area contributed by atoms with Crippen molar-refractivity contribution in [2.45, 2.75) is 20.4 Å². The molecule has 5 nitrogen and oxygen atoms in total. The molecule has 1 aliphatic rings. The quantitative estimate of drug-likeness (QED) is 0.858. The van der Waals surface area contributed by atoms with Crippen LogP contribution in [0, 0.1) is 13.8 Å². The highest BCUT2D eigenvalue weighted by Crippen LogP contribution is 2.18. The smallest absolute Gasteiger partial charge is 0.257 e. The van der Waals surface area contributed by atoms with Crippen molar-refractivity contribution in [1.29, 1.82) is 0 Å². The van der Waals surface area contributed by atoms with Crippen LogP contribution < -0.4 is 0 Å². The van der Waals surface area contributed by atoms with Gasteiger partial charge in [0.25, 0.3) is 5.91 Å². The Labute approximate surface area is 147 Å². The van der Waals surface area contributed by atoms with Gasteiger partial charge in [-0.05, 0) is 31.5 Å². The molecule has 2 aromatic rings. The molecule has 0 aliphatic carbocycles. The van der Waals surface area contributed by atoms with Gasteiger partial charge in [-0.15, -0.1) is 0 Å². The highest BCUT2D eigenvalue weighted by atomic mass is 35.5. The lowest BCUT2D eigenvalue weighted by Crippen LogP contribution is -2.48. The molecule has 0 saturated carbocycles. The summed E-state index contributed by atoms with van der Waals surface area (Å²) in [6.07, 6.45) is 0. The zero-order valence-corrected chi connectivity index (χ0v) is 15.2. The van der Waals surface area contributed by atoms with Crippen molar-refractivity contribution >= 4 is 17.5 Å². The number of amides is 1. The van der Waals surface area contributed by atoms with Crippen LogP contribution in [0.5, 0.6) is 0 Å². The van der Waals surface area contributed by atoms with Crippen molar-refractivity contribution in [3.63, 3.8) is 0 Å². The molecule has 0 bridgehead atoms. The molecule has 2 heterocycles. The second-order valence-electron chi connectivity index (χ2n) is 6.37. The third-order valence-corrected chi connectivity index (χ3v) is 4.91. The number of carbonyl (C=O) groups excluding carboxylic acids is 1. The number of hydrogen-bond donors (Lipinski definition) is 0. The van der Waals surface area contributed by atoms with E-state index in [-0.39, 0.29) is 5.91 Å². The zero-order valence-electron chi connectivity index (χ0n) is 14.4. The van der Waals surface area contributed by atoms with E-state index in [9.17, 15) is 4.79 Å². The standard InChI is InChI=1S/C18H23ClN4O/c1-13-17(14(2)21(3)20-13)18(24)23-9-7-22(8-10-23)12-15-5-4-6-16(19)11-15/h4-6,11H,7-10,12H2,1-3H3. The van der Waals surface area contributed by atoms with Gasteiger partial charge in [-0.2, -0.15) is 5.10 Å². The van der Waals surface area contributed by atoms with Gasteiger partial charge in [-0.3, -0.25) is 14.4 Å². The Balaban J connectivity index is 1.61. The van der Waals surface area contributed by atoms with Crippen LogP contribution in [-0.2, 0) is 13.6 Å². The first-order chi connectivity index (χ1) is 11.5. The van der Waals surface area contributed by atoms with Crippen molar-refractivity contribution in [3.05, 3.63) is 51.8 Å². The molecular formula is C18H23ClN4O. The summed E-state index contributed by atoms with van der Waals surface area (Å²) in [7, 11) is 1.88. The largest absolute Gasteiger partial charge is 0.336 e. The predicted molar refractivity (Wildman–Crippen MR) is 95.3 cm³/mol. The SMILES string of the molecule is Cc1nn(C)c(C)c1C(=O)N1CCN(Cc2cccc(Cl)c2)CC1. The van der Waals surface area contributed by atoms with Gasteiger partial charge < -0.3 is 4.90 Å². The van der Waals surface area contributed by atoms with E-state index in [2.05, 4.69) is 16.1 Å². The molecule has 24 heavy (non-hydrogen) atoms. The molecular weight excluding hydrogens is 324 g/mol. The number of halogens is 1. The van der Waals surface area contributed by atoms with Crippen LogP contribution in [0.1, 0.15) is 27.3 Å². The molecule has 1 aromatic heterocycles. The first-order valence-corrected chi connectivity index (χ1v) is 8.60. The Bertz CT molecular complexity index is 747. The Kier molecular flexibility index (Phi) is 4.92. The second-order valence-corrected chi connectivity index (χ2v) is 6.80. The van der Waals surface area contributed by atoms with E-state index in [1.54, 1.807) is 4.68 Å². The van der Waals surface area contributed by atoms with Gasteiger partial charge in [0.15, 0.2) is 0 Å². The summed E-state index contributed by atoms with van der Waals surface area (Å²) in [5, 5.41) is 5.12. The molecule has 0 radical (unpaired) electrons. The molecule has 0 N–H and O–H groups in total. The minimum atomic E-state index is 0.0977. The van der Waals surface area contributed by atoms with E-state index in [0.29, 0.717) is 0 Å². The highest BCUT2D eigenvalue weighted by Gasteiger charge is 2.26. The third kappa shape index (κ3) is 3.47. The van der Waals surface area contributed by atoms with Crippen LogP contribution in [0.2, 0.25) is 5.02 Å². The molecule has 128 valence electrons. The monoisotopic (exact) mass is 346 g/mol. The predicted octanol–water partition coefficient (Wildman–Crippen LogP) is 2.65. The van der Waals surface area contributed by atoms with E-state index in [1.807, 2.05) is 44.0 Å². The summed E-state index contributed by atoms with van der Waals surface area (Å²) in [6, 6.07) is 7.96. The van der Waals surface area contributed by atoms with E-state index < -0.39 is 0 Å². The fourth-order valence-corrected chi connectivity index (χ4v) is 3.46. The van der Waals surface area contributed by atoms with Crippen LogP contribution in [0.25, 0.3) is 0 Å².